The molecule has 0 saturated heterocycles. The maximum atomic E-state index is 13.2. The molecule has 2 nitrogen and oxygen atoms in total. The molecular formula is C11H13F9O2. The highest BCUT2D eigenvalue weighted by Crippen LogP contribution is 2.54. The fraction of sp³-hybridized carbons (Fsp3) is 0.909. The standard InChI is InChI=1S/C11H13F9O2/c1-3-7(21)22-5-6(2)4-8(12,13)9(14,15)10(16,17)11(18,19)20/h6H,3-5H2,1-2H3. The lowest BCUT2D eigenvalue weighted by molar-refractivity contribution is -0.397. The molecule has 0 aliphatic rings. The average molecular weight is 348 g/mol. The molecule has 0 aromatic rings. The zero-order chi connectivity index (χ0) is 18.0. The highest BCUT2D eigenvalue weighted by Gasteiger charge is 2.81. The summed E-state index contributed by atoms with van der Waals surface area (Å²) in [5.41, 5.74) is 0. The van der Waals surface area contributed by atoms with Crippen LogP contribution in [-0.2, 0) is 9.53 Å². The number of ether oxygens (including phenoxy) is 1. The summed E-state index contributed by atoms with van der Waals surface area (Å²) in [6, 6.07) is 0. The van der Waals surface area contributed by atoms with E-state index in [-0.39, 0.29) is 6.42 Å². The first-order valence-electron chi connectivity index (χ1n) is 5.96. The van der Waals surface area contributed by atoms with Crippen molar-refractivity contribution in [3.05, 3.63) is 0 Å². The van der Waals surface area contributed by atoms with E-state index in [2.05, 4.69) is 4.74 Å². The van der Waals surface area contributed by atoms with Gasteiger partial charge < -0.3 is 4.74 Å². The van der Waals surface area contributed by atoms with Crippen LogP contribution in [-0.4, -0.2) is 36.5 Å². The smallest absolute Gasteiger partial charge is 0.460 e. The van der Waals surface area contributed by atoms with Crippen molar-refractivity contribution < 1.29 is 49.0 Å². The van der Waals surface area contributed by atoms with Crippen LogP contribution >= 0.6 is 0 Å². The Balaban J connectivity index is 5.09. The summed E-state index contributed by atoms with van der Waals surface area (Å²) in [4.78, 5) is 10.7. The zero-order valence-electron chi connectivity index (χ0n) is 11.4. The van der Waals surface area contributed by atoms with Gasteiger partial charge in [-0.05, 0) is 5.92 Å². The lowest BCUT2D eigenvalue weighted by atomic mass is 9.95. The first-order chi connectivity index (χ1) is 9.60. The number of hydrogen-bond acceptors (Lipinski definition) is 2. The third kappa shape index (κ3) is 4.19. The molecule has 0 radical (unpaired) electrons. The van der Waals surface area contributed by atoms with Crippen molar-refractivity contribution in [1.29, 1.82) is 0 Å². The third-order valence-corrected chi connectivity index (χ3v) is 2.63. The van der Waals surface area contributed by atoms with Gasteiger partial charge in [-0.15, -0.1) is 0 Å². The van der Waals surface area contributed by atoms with E-state index in [9.17, 15) is 44.3 Å². The van der Waals surface area contributed by atoms with E-state index < -0.39 is 48.9 Å². The summed E-state index contributed by atoms with van der Waals surface area (Å²) in [6.45, 7) is 1.38. The van der Waals surface area contributed by atoms with Crippen LogP contribution in [0.2, 0.25) is 0 Å². The van der Waals surface area contributed by atoms with Gasteiger partial charge in [0.1, 0.15) is 0 Å². The van der Waals surface area contributed by atoms with Crippen LogP contribution in [0.5, 0.6) is 0 Å². The van der Waals surface area contributed by atoms with Crippen molar-refractivity contribution in [3.63, 3.8) is 0 Å². The molecule has 1 atom stereocenters. The number of halogens is 9. The van der Waals surface area contributed by atoms with Crippen molar-refractivity contribution in [1.82, 2.24) is 0 Å². The Bertz CT molecular complexity index is 390. The SMILES string of the molecule is CCC(=O)OCC(C)CC(F)(F)C(F)(F)C(F)(F)C(F)(F)F. The third-order valence-electron chi connectivity index (χ3n) is 2.63. The minimum atomic E-state index is -6.90. The van der Waals surface area contributed by atoms with Gasteiger partial charge in [0, 0.05) is 12.8 Å². The van der Waals surface area contributed by atoms with Crippen LogP contribution in [0.4, 0.5) is 39.5 Å². The van der Waals surface area contributed by atoms with E-state index in [0.717, 1.165) is 6.92 Å². The summed E-state index contributed by atoms with van der Waals surface area (Å²) in [7, 11) is 0. The first-order valence-corrected chi connectivity index (χ1v) is 5.96. The Kier molecular flexibility index (Phi) is 6.19. The normalized spacial score (nSPS) is 15.6. The maximum absolute atomic E-state index is 13.2. The molecule has 11 heteroatoms. The second-order valence-electron chi connectivity index (χ2n) is 4.70. The van der Waals surface area contributed by atoms with Crippen molar-refractivity contribution in [3.8, 4) is 0 Å². The van der Waals surface area contributed by atoms with E-state index >= 15 is 0 Å². The van der Waals surface area contributed by atoms with Crippen LogP contribution in [0.15, 0.2) is 0 Å². The van der Waals surface area contributed by atoms with Gasteiger partial charge in [-0.3, -0.25) is 4.79 Å². The molecule has 0 bridgehead atoms. The van der Waals surface area contributed by atoms with E-state index in [1.807, 2.05) is 0 Å². The number of carbonyl (C=O) groups excluding carboxylic acids is 1. The highest BCUT2D eigenvalue weighted by molar-refractivity contribution is 5.68. The highest BCUT2D eigenvalue weighted by atomic mass is 19.4. The van der Waals surface area contributed by atoms with Gasteiger partial charge in [0.05, 0.1) is 6.61 Å². The molecule has 0 aromatic heterocycles. The van der Waals surface area contributed by atoms with E-state index in [4.69, 9.17) is 0 Å². The average Bonchev–Trinajstić information content (AvgIpc) is 2.33. The summed E-state index contributed by atoms with van der Waals surface area (Å²) in [5, 5.41) is 0. The van der Waals surface area contributed by atoms with Crippen molar-refractivity contribution in [2.45, 2.75) is 50.6 Å². The molecule has 0 aliphatic carbocycles. The van der Waals surface area contributed by atoms with Crippen molar-refractivity contribution >= 4 is 5.97 Å². The molecule has 132 valence electrons. The molecule has 1 unspecified atom stereocenters. The summed E-state index contributed by atoms with van der Waals surface area (Å²) in [6.07, 6.45) is -8.99. The number of carbonyl (C=O) groups is 1. The lowest BCUT2D eigenvalue weighted by Gasteiger charge is -2.34. The molecule has 22 heavy (non-hydrogen) atoms. The largest absolute Gasteiger partial charge is 0.465 e. The molecule has 0 amide bonds. The van der Waals surface area contributed by atoms with Crippen LogP contribution in [0, 0.1) is 5.92 Å². The number of alkyl halides is 9. The Morgan fingerprint density at radius 3 is 1.77 bits per heavy atom. The second-order valence-corrected chi connectivity index (χ2v) is 4.70. The Morgan fingerprint density at radius 2 is 1.41 bits per heavy atom. The van der Waals surface area contributed by atoms with Gasteiger partial charge in [0.25, 0.3) is 0 Å². The fourth-order valence-electron chi connectivity index (χ4n) is 1.37. The van der Waals surface area contributed by atoms with E-state index in [1.54, 1.807) is 0 Å². The summed E-state index contributed by atoms with van der Waals surface area (Å²) >= 11 is 0. The molecular weight excluding hydrogens is 335 g/mol. The van der Waals surface area contributed by atoms with Crippen LogP contribution in [0.25, 0.3) is 0 Å². The minimum absolute atomic E-state index is 0.147. The van der Waals surface area contributed by atoms with Gasteiger partial charge in [0.2, 0.25) is 0 Å². The quantitative estimate of drug-likeness (QED) is 0.502. The van der Waals surface area contributed by atoms with Crippen LogP contribution in [0.3, 0.4) is 0 Å². The van der Waals surface area contributed by atoms with Crippen LogP contribution < -0.4 is 0 Å². The van der Waals surface area contributed by atoms with Gasteiger partial charge in [-0.2, -0.15) is 39.5 Å². The predicted octanol–water partition coefficient (Wildman–Crippen LogP) is 4.43. The maximum Gasteiger partial charge on any atom is 0.460 e. The molecule has 0 fully saturated rings. The van der Waals surface area contributed by atoms with Gasteiger partial charge >= 0.3 is 29.9 Å². The number of hydrogen-bond donors (Lipinski definition) is 0. The zero-order valence-corrected chi connectivity index (χ0v) is 11.4. The molecule has 0 heterocycles. The Hall–Kier alpha value is -1.16. The summed E-state index contributed by atoms with van der Waals surface area (Å²) in [5.74, 6) is -21.6. The molecule has 0 aromatic carbocycles. The Labute approximate surface area is 119 Å². The first kappa shape index (κ1) is 20.8. The van der Waals surface area contributed by atoms with Gasteiger partial charge in [-0.25, -0.2) is 0 Å². The molecule has 0 aliphatic heterocycles. The fourth-order valence-corrected chi connectivity index (χ4v) is 1.37. The minimum Gasteiger partial charge on any atom is -0.465 e. The van der Waals surface area contributed by atoms with Crippen molar-refractivity contribution in [2.24, 2.45) is 5.92 Å². The number of esters is 1. The monoisotopic (exact) mass is 348 g/mol. The molecule has 0 N–H and O–H groups in total. The van der Waals surface area contributed by atoms with E-state index in [1.165, 1.54) is 6.92 Å². The molecule has 0 rings (SSSR count). The van der Waals surface area contributed by atoms with Gasteiger partial charge in [0.15, 0.2) is 0 Å². The molecule has 0 spiro atoms. The summed E-state index contributed by atoms with van der Waals surface area (Å²) < 4.78 is 117. The lowest BCUT2D eigenvalue weighted by Crippen LogP contribution is -2.61. The van der Waals surface area contributed by atoms with Crippen molar-refractivity contribution in [2.75, 3.05) is 6.61 Å². The number of rotatable bonds is 7. The Morgan fingerprint density at radius 1 is 0.955 bits per heavy atom. The van der Waals surface area contributed by atoms with Gasteiger partial charge in [-0.1, -0.05) is 13.8 Å². The second kappa shape index (κ2) is 6.53. The van der Waals surface area contributed by atoms with E-state index in [0.29, 0.717) is 0 Å². The predicted molar refractivity (Wildman–Crippen MR) is 55.9 cm³/mol. The topological polar surface area (TPSA) is 26.3 Å². The van der Waals surface area contributed by atoms with Crippen LogP contribution in [0.1, 0.15) is 26.7 Å². The molecule has 0 saturated carbocycles.